The van der Waals surface area contributed by atoms with Crippen LogP contribution in [0.1, 0.15) is 23.1 Å². The SMILES string of the molecule is CCONC(=O)c1ncn(-c2c(Cl)cccc2Cl)c1C(F)(F)F. The van der Waals surface area contributed by atoms with E-state index in [-0.39, 0.29) is 22.3 Å². The third-order valence-corrected chi connectivity index (χ3v) is 3.35. The molecular formula is C13H10Cl2F3N3O2. The van der Waals surface area contributed by atoms with Crippen LogP contribution >= 0.6 is 23.2 Å². The van der Waals surface area contributed by atoms with E-state index in [1.807, 2.05) is 5.48 Å². The summed E-state index contributed by atoms with van der Waals surface area (Å²) in [6, 6.07) is 4.24. The summed E-state index contributed by atoms with van der Waals surface area (Å²) in [5, 5.41) is -0.0330. The van der Waals surface area contributed by atoms with Gasteiger partial charge < -0.3 is 0 Å². The van der Waals surface area contributed by atoms with Crippen LogP contribution in [0, 0.1) is 0 Å². The van der Waals surface area contributed by atoms with Crippen LogP contribution in [0.2, 0.25) is 10.0 Å². The number of halogens is 5. The summed E-state index contributed by atoms with van der Waals surface area (Å²) >= 11 is 11.9. The molecule has 1 aromatic carbocycles. The minimum Gasteiger partial charge on any atom is -0.291 e. The summed E-state index contributed by atoms with van der Waals surface area (Å²) in [5.74, 6) is -1.12. The van der Waals surface area contributed by atoms with E-state index in [0.717, 1.165) is 6.33 Å². The Kier molecular flexibility index (Phi) is 5.18. The number of carbonyl (C=O) groups is 1. The zero-order chi connectivity index (χ0) is 17.2. The lowest BCUT2D eigenvalue weighted by molar-refractivity contribution is -0.142. The van der Waals surface area contributed by atoms with E-state index in [0.29, 0.717) is 4.57 Å². The monoisotopic (exact) mass is 367 g/mol. The van der Waals surface area contributed by atoms with Gasteiger partial charge >= 0.3 is 6.18 Å². The van der Waals surface area contributed by atoms with Gasteiger partial charge in [-0.2, -0.15) is 13.2 Å². The number of rotatable bonds is 4. The fraction of sp³-hybridized carbons (Fsp3) is 0.231. The van der Waals surface area contributed by atoms with Crippen molar-refractivity contribution >= 4 is 29.1 Å². The molecule has 0 aliphatic carbocycles. The van der Waals surface area contributed by atoms with Crippen LogP contribution in [0.3, 0.4) is 0 Å². The number of imidazole rings is 1. The molecule has 0 unspecified atom stereocenters. The number of hydroxylamine groups is 1. The van der Waals surface area contributed by atoms with E-state index in [1.54, 1.807) is 6.92 Å². The van der Waals surface area contributed by atoms with Crippen molar-refractivity contribution in [1.82, 2.24) is 15.0 Å². The van der Waals surface area contributed by atoms with Gasteiger partial charge in [0, 0.05) is 0 Å². The van der Waals surface area contributed by atoms with Crippen molar-refractivity contribution in [2.45, 2.75) is 13.1 Å². The summed E-state index contributed by atoms with van der Waals surface area (Å²) in [4.78, 5) is 19.9. The van der Waals surface area contributed by atoms with E-state index in [2.05, 4.69) is 9.82 Å². The first-order valence-corrected chi connectivity index (χ1v) is 7.04. The molecular weight excluding hydrogens is 358 g/mol. The van der Waals surface area contributed by atoms with Gasteiger partial charge in [-0.3, -0.25) is 14.2 Å². The number of hydrogen-bond donors (Lipinski definition) is 1. The molecule has 0 saturated carbocycles. The molecule has 5 nitrogen and oxygen atoms in total. The normalized spacial score (nSPS) is 11.6. The highest BCUT2D eigenvalue weighted by molar-refractivity contribution is 6.37. The molecule has 0 aliphatic rings. The van der Waals surface area contributed by atoms with Crippen LogP contribution in [-0.2, 0) is 11.0 Å². The van der Waals surface area contributed by atoms with Gasteiger partial charge in [-0.05, 0) is 19.1 Å². The molecule has 2 rings (SSSR count). The van der Waals surface area contributed by atoms with Crippen LogP contribution in [0.5, 0.6) is 0 Å². The Morgan fingerprint density at radius 3 is 2.48 bits per heavy atom. The van der Waals surface area contributed by atoms with E-state index in [1.165, 1.54) is 18.2 Å². The molecule has 1 aromatic heterocycles. The van der Waals surface area contributed by atoms with Gasteiger partial charge in [-0.25, -0.2) is 10.5 Å². The first-order valence-electron chi connectivity index (χ1n) is 6.28. The smallest absolute Gasteiger partial charge is 0.291 e. The number of amides is 1. The Morgan fingerprint density at radius 2 is 1.96 bits per heavy atom. The van der Waals surface area contributed by atoms with Crippen LogP contribution < -0.4 is 5.48 Å². The third-order valence-electron chi connectivity index (χ3n) is 2.74. The average Bonchev–Trinajstić information content (AvgIpc) is 2.89. The second-order valence-electron chi connectivity index (χ2n) is 4.24. The van der Waals surface area contributed by atoms with Gasteiger partial charge in [0.2, 0.25) is 0 Å². The zero-order valence-corrected chi connectivity index (χ0v) is 13.1. The number of alkyl halides is 3. The third kappa shape index (κ3) is 3.60. The summed E-state index contributed by atoms with van der Waals surface area (Å²) in [6.45, 7) is 1.65. The Labute approximate surface area is 138 Å². The number of aromatic nitrogens is 2. The van der Waals surface area contributed by atoms with E-state index in [4.69, 9.17) is 23.2 Å². The topological polar surface area (TPSA) is 56.1 Å². The molecule has 0 atom stereocenters. The quantitative estimate of drug-likeness (QED) is 0.834. The minimum atomic E-state index is -4.86. The van der Waals surface area contributed by atoms with Gasteiger partial charge in [0.05, 0.1) is 22.3 Å². The molecule has 0 saturated heterocycles. The van der Waals surface area contributed by atoms with Gasteiger partial charge in [0.25, 0.3) is 5.91 Å². The van der Waals surface area contributed by atoms with E-state index >= 15 is 0 Å². The van der Waals surface area contributed by atoms with E-state index < -0.39 is 23.5 Å². The summed E-state index contributed by atoms with van der Waals surface area (Å²) in [6.07, 6.45) is -4.03. The van der Waals surface area contributed by atoms with Crippen LogP contribution in [-0.4, -0.2) is 22.1 Å². The molecule has 10 heteroatoms. The number of hydrogen-bond acceptors (Lipinski definition) is 3. The lowest BCUT2D eigenvalue weighted by atomic mass is 10.2. The van der Waals surface area contributed by atoms with E-state index in [9.17, 15) is 18.0 Å². The first-order chi connectivity index (χ1) is 10.8. The Morgan fingerprint density at radius 1 is 1.35 bits per heavy atom. The predicted octanol–water partition coefficient (Wildman–Crippen LogP) is 3.88. The maximum absolute atomic E-state index is 13.4. The standard InChI is InChI=1S/C13H10Cl2F3N3O2/c1-2-23-20-12(22)9-11(13(16,17)18)21(6-19-9)10-7(14)4-3-5-8(10)15/h3-6H,2H2,1H3,(H,20,22). The average molecular weight is 368 g/mol. The van der Waals surface area contributed by atoms with Crippen molar-refractivity contribution in [2.24, 2.45) is 0 Å². The second kappa shape index (κ2) is 6.77. The van der Waals surface area contributed by atoms with Crippen LogP contribution in [0.25, 0.3) is 5.69 Å². The minimum absolute atomic E-state index is 0.0165. The Bertz CT molecular complexity index is 711. The van der Waals surface area contributed by atoms with Gasteiger partial charge in [0.1, 0.15) is 6.33 Å². The molecule has 1 amide bonds. The Balaban J connectivity index is 2.63. The predicted molar refractivity (Wildman–Crippen MR) is 77.7 cm³/mol. The number of para-hydroxylation sites is 1. The van der Waals surface area contributed by atoms with Crippen LogP contribution in [0.15, 0.2) is 24.5 Å². The van der Waals surface area contributed by atoms with Crippen molar-refractivity contribution in [3.05, 3.63) is 46.0 Å². The fourth-order valence-electron chi connectivity index (χ4n) is 1.86. The van der Waals surface area contributed by atoms with Gasteiger partial charge in [-0.1, -0.05) is 29.3 Å². The molecule has 0 bridgehead atoms. The van der Waals surface area contributed by atoms with Crippen LogP contribution in [0.4, 0.5) is 13.2 Å². The number of carbonyl (C=O) groups excluding carboxylic acids is 1. The first kappa shape index (κ1) is 17.6. The molecule has 124 valence electrons. The molecule has 2 aromatic rings. The second-order valence-corrected chi connectivity index (χ2v) is 5.06. The summed E-state index contributed by atoms with van der Waals surface area (Å²) in [5.41, 5.74) is -0.392. The fourth-order valence-corrected chi connectivity index (χ4v) is 2.44. The number of nitrogens with one attached hydrogen (secondary N) is 1. The largest absolute Gasteiger partial charge is 0.434 e. The highest BCUT2D eigenvalue weighted by Gasteiger charge is 2.41. The maximum Gasteiger partial charge on any atom is 0.434 e. The Hall–Kier alpha value is -1.77. The molecule has 0 radical (unpaired) electrons. The van der Waals surface area contributed by atoms with Crippen molar-refractivity contribution in [3.8, 4) is 5.69 Å². The van der Waals surface area contributed by atoms with Gasteiger partial charge in [0.15, 0.2) is 11.4 Å². The molecule has 1 N–H and O–H groups in total. The van der Waals surface area contributed by atoms with Crippen molar-refractivity contribution in [2.75, 3.05) is 6.61 Å². The zero-order valence-electron chi connectivity index (χ0n) is 11.6. The lowest BCUT2D eigenvalue weighted by Crippen LogP contribution is -2.27. The maximum atomic E-state index is 13.4. The van der Waals surface area contributed by atoms with Crippen molar-refractivity contribution < 1.29 is 22.8 Å². The molecule has 0 fully saturated rings. The van der Waals surface area contributed by atoms with Crippen molar-refractivity contribution in [3.63, 3.8) is 0 Å². The highest BCUT2D eigenvalue weighted by Crippen LogP contribution is 2.37. The number of benzene rings is 1. The molecule has 1 heterocycles. The highest BCUT2D eigenvalue weighted by atomic mass is 35.5. The van der Waals surface area contributed by atoms with Gasteiger partial charge in [-0.15, -0.1) is 0 Å². The van der Waals surface area contributed by atoms with Crippen molar-refractivity contribution in [1.29, 1.82) is 0 Å². The lowest BCUT2D eigenvalue weighted by Gasteiger charge is -2.15. The summed E-state index contributed by atoms with van der Waals surface area (Å²) < 4.78 is 40.8. The molecule has 0 aliphatic heterocycles. The molecule has 23 heavy (non-hydrogen) atoms. The summed E-state index contributed by atoms with van der Waals surface area (Å²) in [7, 11) is 0. The molecule has 0 spiro atoms. The number of nitrogens with zero attached hydrogens (tertiary/aromatic N) is 2.